The van der Waals surface area contributed by atoms with E-state index in [-0.39, 0.29) is 155 Å². The standard InChI is InChI=1S/C97H157N15O21/c1-68(2)15-12-16-70(4)75-25-26-76-74-24-23-72-61-73(27-31-96(72,10)77(74)28-32-97(75,76)11)133-88(117)63-81(89(98)118)104-86(115)30-39-123-43-47-127-51-55-130-58-57-129-53-49-125-45-41-121-37-14-18-84(113)79(17-13-33-102-93(99)100)103-85(114)29-38-122-42-46-126-50-54-131-59-60-132-56-52-128-48-44-124-40-34-101-87(116)66-110-64-83(106-108-110)91(119)109-35-36-111(95(8,9)67-109)92(120)82-65-112-90(105-82)78(94(5,6)7)62-80(107-112)71-21-19-69(3)20-22-71/h19-22,62,64-65,68,70,72-77,79,81H,12-18,23-61,63,66-67H2,1-11H3,(H2,98,118)(H,101,116)(H,103,114)(H,104,115)(H4,99,100,102)/t70-,72?,73?,74+,75-,76+,77+,79+,81+,96+,97-/m1/s1. The largest absolute Gasteiger partial charge is 0.462 e. The Morgan fingerprint density at radius 3 is 1.67 bits per heavy atom. The minimum absolute atomic E-state index is 0.0187. The van der Waals surface area contributed by atoms with Crippen molar-refractivity contribution in [2.24, 2.45) is 74.4 Å². The zero-order chi connectivity index (χ0) is 95.8. The van der Waals surface area contributed by atoms with Gasteiger partial charge in [0.15, 0.2) is 23.1 Å². The van der Waals surface area contributed by atoms with Crippen LogP contribution in [0.3, 0.4) is 0 Å². The van der Waals surface area contributed by atoms with Gasteiger partial charge in [-0.2, -0.15) is 5.10 Å². The number of hydrogen-bond acceptors (Lipinski definition) is 26. The molecule has 36 heteroatoms. The molecule has 746 valence electrons. The molecule has 0 radical (unpaired) electrons. The maximum atomic E-state index is 14.2. The number of ether oxygens (including phenoxy) is 13. The van der Waals surface area contributed by atoms with Crippen LogP contribution in [0.2, 0.25) is 0 Å². The van der Waals surface area contributed by atoms with Gasteiger partial charge >= 0.3 is 5.97 Å². The number of Topliss-reactive ketones (excluding diaryl/α,β-unsaturated/α-hetero) is 1. The van der Waals surface area contributed by atoms with E-state index in [1.54, 1.807) is 20.5 Å². The Kier molecular flexibility index (Phi) is 45.5. The second-order valence-electron chi connectivity index (χ2n) is 38.9. The summed E-state index contributed by atoms with van der Waals surface area (Å²) in [4.78, 5) is 118. The van der Waals surface area contributed by atoms with Crippen LogP contribution in [0.25, 0.3) is 16.9 Å². The fourth-order valence-electron chi connectivity index (χ4n) is 20.0. The van der Waals surface area contributed by atoms with Gasteiger partial charge in [0, 0.05) is 69.7 Å². The molecular weight excluding hydrogens is 1710 g/mol. The highest BCUT2D eigenvalue weighted by molar-refractivity contribution is 5.95. The van der Waals surface area contributed by atoms with E-state index in [0.29, 0.717) is 168 Å². The molecule has 4 aromatic rings. The average molecular weight is 1870 g/mol. The number of fused-ring (bicyclic) bond motifs is 6. The number of piperazine rings is 1. The lowest BCUT2D eigenvalue weighted by atomic mass is 9.44. The first-order valence-electron chi connectivity index (χ1n) is 48.7. The molecule has 1 aromatic carbocycles. The van der Waals surface area contributed by atoms with E-state index in [9.17, 15) is 38.4 Å². The van der Waals surface area contributed by atoms with Gasteiger partial charge in [0.1, 0.15) is 24.4 Å². The molecule has 2 unspecified atom stereocenters. The lowest BCUT2D eigenvalue weighted by molar-refractivity contribution is -0.163. The Hall–Kier alpha value is -8.27. The van der Waals surface area contributed by atoms with Crippen LogP contribution in [-0.4, -0.2) is 308 Å². The van der Waals surface area contributed by atoms with E-state index in [0.717, 1.165) is 77.2 Å². The van der Waals surface area contributed by atoms with Crippen molar-refractivity contribution in [1.29, 1.82) is 0 Å². The van der Waals surface area contributed by atoms with Crippen LogP contribution in [0.4, 0.5) is 0 Å². The predicted molar refractivity (Wildman–Crippen MR) is 500 cm³/mol. The third-order valence-corrected chi connectivity index (χ3v) is 27.1. The number of esters is 1. The van der Waals surface area contributed by atoms with Crippen LogP contribution in [0.5, 0.6) is 0 Å². The number of hydrogen-bond donors (Lipinski definition) is 6. The molecular formula is C97H157N15O21. The average Bonchev–Trinajstić information content (AvgIpc) is 1.62. The number of primary amides is 1. The second-order valence-corrected chi connectivity index (χ2v) is 38.9. The Bertz CT molecular complexity index is 4250. The molecule has 0 bridgehead atoms. The van der Waals surface area contributed by atoms with E-state index >= 15 is 0 Å². The molecule has 4 heterocycles. The third kappa shape index (κ3) is 35.4. The highest BCUT2D eigenvalue weighted by Gasteiger charge is 2.61. The van der Waals surface area contributed by atoms with Gasteiger partial charge in [0.05, 0.1) is 188 Å². The summed E-state index contributed by atoms with van der Waals surface area (Å²) < 4.78 is 76.2. The number of amides is 6. The Labute approximate surface area is 786 Å². The topological polar surface area (TPSA) is 450 Å². The molecule has 4 aliphatic carbocycles. The molecule has 1 aliphatic heterocycles. The molecule has 5 fully saturated rings. The lowest BCUT2D eigenvalue weighted by Crippen LogP contribution is -2.62. The third-order valence-electron chi connectivity index (χ3n) is 27.1. The zero-order valence-electron chi connectivity index (χ0n) is 81.3. The number of nitrogens with two attached hydrogens (primary N) is 3. The van der Waals surface area contributed by atoms with Crippen LogP contribution < -0.4 is 33.2 Å². The van der Waals surface area contributed by atoms with Gasteiger partial charge in [-0.1, -0.05) is 110 Å². The first-order valence-corrected chi connectivity index (χ1v) is 48.7. The van der Waals surface area contributed by atoms with Crippen molar-refractivity contribution < 1.29 is 99.9 Å². The summed E-state index contributed by atoms with van der Waals surface area (Å²) in [5.74, 6) is 2.05. The molecule has 11 atom stereocenters. The van der Waals surface area contributed by atoms with Crippen LogP contribution >= 0.6 is 0 Å². The van der Waals surface area contributed by atoms with Crippen molar-refractivity contribution in [3.8, 4) is 11.3 Å². The summed E-state index contributed by atoms with van der Waals surface area (Å²) in [6, 6.07) is 8.32. The Morgan fingerprint density at radius 1 is 0.564 bits per heavy atom. The van der Waals surface area contributed by atoms with Crippen LogP contribution in [0.1, 0.15) is 223 Å². The van der Waals surface area contributed by atoms with Crippen molar-refractivity contribution >= 4 is 58.8 Å². The molecule has 1 saturated heterocycles. The van der Waals surface area contributed by atoms with Crippen molar-refractivity contribution in [1.82, 2.24) is 55.3 Å². The van der Waals surface area contributed by atoms with Crippen LogP contribution in [-0.2, 0) is 102 Å². The number of rotatable bonds is 64. The number of nitrogens with one attached hydrogen (secondary N) is 3. The number of carbonyl (C=O) groups is 8. The molecule has 9 N–H and O–H groups in total. The van der Waals surface area contributed by atoms with Crippen LogP contribution in [0, 0.1) is 59.2 Å². The number of imidazole rings is 1. The van der Waals surface area contributed by atoms with Crippen molar-refractivity contribution in [2.45, 2.75) is 234 Å². The Morgan fingerprint density at radius 2 is 1.11 bits per heavy atom. The SMILES string of the molecule is Cc1ccc(-c2cc(C(C)(C)C)c3nc(C(=O)N4CCN(C(=O)c5cn(CC(=O)NCCOCCOCCOCCOCCOCCOCCC(=O)N[C@@H](CCCN=C(N)N)C(=O)CCCOCCOCCOCCOCCOCCOCCC(=O)N[C@@H](CC(=O)OC6CC[C@@]7(C)C(CC[C@H]8[C@@H]9CC[C@H]([C@H](C)CCCC(C)C)[C@@]9(C)CC[C@@H]87)C6)C(N)=O)nn5)CC4(C)C)cn3n2)cc1. The van der Waals surface area contributed by atoms with E-state index in [1.807, 2.05) is 51.1 Å². The number of benzene rings is 1. The van der Waals surface area contributed by atoms with E-state index in [2.05, 4.69) is 86.6 Å². The van der Waals surface area contributed by atoms with Gasteiger partial charge in [-0.25, -0.2) is 14.2 Å². The summed E-state index contributed by atoms with van der Waals surface area (Å²) >= 11 is 0. The first-order chi connectivity index (χ1) is 63.8. The monoisotopic (exact) mass is 1870 g/mol. The van der Waals surface area contributed by atoms with E-state index in [4.69, 9.17) is 88.9 Å². The number of aryl methyl sites for hydroxylation is 1. The summed E-state index contributed by atoms with van der Waals surface area (Å²) in [7, 11) is 0. The van der Waals surface area contributed by atoms with Gasteiger partial charge < -0.3 is 105 Å². The second kappa shape index (κ2) is 55.8. The van der Waals surface area contributed by atoms with Crippen molar-refractivity contribution in [3.63, 3.8) is 0 Å². The van der Waals surface area contributed by atoms with Gasteiger partial charge in [-0.05, 0) is 162 Å². The minimum Gasteiger partial charge on any atom is -0.462 e. The zero-order valence-corrected chi connectivity index (χ0v) is 81.3. The maximum Gasteiger partial charge on any atom is 0.308 e. The smallest absolute Gasteiger partial charge is 0.308 e. The van der Waals surface area contributed by atoms with Gasteiger partial charge in [-0.15, -0.1) is 5.10 Å². The molecule has 9 rings (SSSR count). The first kappa shape index (κ1) is 108. The molecule has 3 aromatic heterocycles. The molecule has 4 saturated carbocycles. The number of aromatic nitrogens is 6. The molecule has 133 heavy (non-hydrogen) atoms. The normalized spacial score (nSPS) is 21.2. The highest BCUT2D eigenvalue weighted by Crippen LogP contribution is 2.68. The summed E-state index contributed by atoms with van der Waals surface area (Å²) in [6.45, 7) is 33.4. The number of aliphatic imine (C=N–C) groups is 1. The van der Waals surface area contributed by atoms with E-state index in [1.165, 1.54) is 68.7 Å². The Balaban J connectivity index is 0.492. The molecule has 5 aliphatic rings. The summed E-state index contributed by atoms with van der Waals surface area (Å²) in [5, 5.41) is 21.2. The maximum absolute atomic E-state index is 14.2. The molecule has 36 nitrogen and oxygen atoms in total. The molecule has 6 amide bonds. The summed E-state index contributed by atoms with van der Waals surface area (Å²) in [6.07, 6.45) is 18.8. The fraction of sp³-hybridized carbons (Fsp3) is 0.763. The summed E-state index contributed by atoms with van der Waals surface area (Å²) in [5.41, 5.74) is 21.1. The highest BCUT2D eigenvalue weighted by atomic mass is 16.6. The van der Waals surface area contributed by atoms with Gasteiger partial charge in [0.25, 0.3) is 11.8 Å². The quantitative estimate of drug-likeness (QED) is 0.0105. The lowest BCUT2D eigenvalue weighted by Gasteiger charge is -2.61. The van der Waals surface area contributed by atoms with Gasteiger partial charge in [0.2, 0.25) is 23.6 Å². The molecule has 0 spiro atoms. The van der Waals surface area contributed by atoms with Gasteiger partial charge in [-0.3, -0.25) is 43.3 Å². The number of nitrogens with zero attached hydrogens (tertiary/aromatic N) is 9. The number of carbonyl (C=O) groups excluding carboxylic acids is 8. The fourth-order valence-corrected chi connectivity index (χ4v) is 20.0. The van der Waals surface area contributed by atoms with Crippen molar-refractivity contribution in [2.75, 3.05) is 191 Å². The minimum atomic E-state index is -1.17. The number of ketones is 1. The van der Waals surface area contributed by atoms with E-state index < -0.39 is 35.4 Å². The van der Waals surface area contributed by atoms with Crippen LogP contribution in [0.15, 0.2) is 47.7 Å². The number of guanidine groups is 1. The van der Waals surface area contributed by atoms with Crippen molar-refractivity contribution in [3.05, 3.63) is 65.2 Å². The predicted octanol–water partition coefficient (Wildman–Crippen LogP) is 8.35.